The number of carbonyl (C=O) groups is 1. The van der Waals surface area contributed by atoms with Gasteiger partial charge in [-0.25, -0.2) is 0 Å². The lowest BCUT2D eigenvalue weighted by atomic mass is 10.2. The van der Waals surface area contributed by atoms with Gasteiger partial charge >= 0.3 is 0 Å². The molecule has 2 aromatic carbocycles. The van der Waals surface area contributed by atoms with E-state index in [0.717, 1.165) is 20.6 Å². The molecule has 3 nitrogen and oxygen atoms in total. The van der Waals surface area contributed by atoms with E-state index in [1.165, 1.54) is 11.8 Å². The summed E-state index contributed by atoms with van der Waals surface area (Å²) in [6, 6.07) is 11.0. The Kier molecular flexibility index (Phi) is 5.56. The van der Waals surface area contributed by atoms with E-state index in [4.69, 9.17) is 17.3 Å². The number of carbonyl (C=O) groups excluding carboxylic acids is 1. The SMILES string of the molecule is Cc1ccc(NC(=O)CSc2ccc(Cl)cc2N)c(Br)c1. The largest absolute Gasteiger partial charge is 0.398 e. The van der Waals surface area contributed by atoms with E-state index in [-0.39, 0.29) is 11.7 Å². The van der Waals surface area contributed by atoms with Crippen LogP contribution in [0.15, 0.2) is 45.8 Å². The lowest BCUT2D eigenvalue weighted by Crippen LogP contribution is -2.14. The Morgan fingerprint density at radius 3 is 2.76 bits per heavy atom. The second-order valence-corrected chi connectivity index (χ2v) is 6.81. The third-order valence-corrected chi connectivity index (χ3v) is 4.71. The van der Waals surface area contributed by atoms with Gasteiger partial charge in [0.2, 0.25) is 5.91 Å². The number of aryl methyl sites for hydroxylation is 1. The van der Waals surface area contributed by atoms with Gasteiger partial charge in [0, 0.05) is 20.1 Å². The molecule has 0 aliphatic carbocycles. The molecule has 110 valence electrons. The maximum Gasteiger partial charge on any atom is 0.234 e. The Hall–Kier alpha value is -1.17. The Labute approximate surface area is 141 Å². The molecule has 0 fully saturated rings. The molecule has 21 heavy (non-hydrogen) atoms. The third kappa shape index (κ3) is 4.66. The van der Waals surface area contributed by atoms with Gasteiger partial charge in [-0.3, -0.25) is 4.79 Å². The van der Waals surface area contributed by atoms with E-state index in [1.54, 1.807) is 12.1 Å². The molecule has 0 radical (unpaired) electrons. The zero-order valence-corrected chi connectivity index (χ0v) is 14.5. The first-order valence-corrected chi connectivity index (χ1v) is 8.35. The summed E-state index contributed by atoms with van der Waals surface area (Å²) in [5.41, 5.74) is 8.32. The molecule has 0 aromatic heterocycles. The first-order valence-electron chi connectivity index (χ1n) is 6.19. The average molecular weight is 386 g/mol. The molecule has 1 amide bonds. The second-order valence-electron chi connectivity index (χ2n) is 4.50. The van der Waals surface area contributed by atoms with E-state index >= 15 is 0 Å². The molecule has 0 spiro atoms. The van der Waals surface area contributed by atoms with E-state index < -0.39 is 0 Å². The van der Waals surface area contributed by atoms with Crippen molar-refractivity contribution in [3.8, 4) is 0 Å². The molecular weight excluding hydrogens is 372 g/mol. The maximum atomic E-state index is 12.0. The van der Waals surface area contributed by atoms with Crippen LogP contribution in [0.25, 0.3) is 0 Å². The number of hydrogen-bond acceptors (Lipinski definition) is 3. The van der Waals surface area contributed by atoms with Crippen molar-refractivity contribution in [3.05, 3.63) is 51.5 Å². The van der Waals surface area contributed by atoms with E-state index in [2.05, 4.69) is 21.2 Å². The quantitative estimate of drug-likeness (QED) is 0.591. The second kappa shape index (κ2) is 7.20. The molecule has 3 N–H and O–H groups in total. The predicted octanol–water partition coefficient (Wildman–Crippen LogP) is 4.72. The first kappa shape index (κ1) is 16.2. The number of halogens is 2. The molecule has 0 saturated carbocycles. The zero-order chi connectivity index (χ0) is 15.4. The molecule has 0 heterocycles. The van der Waals surface area contributed by atoms with Gasteiger partial charge in [0.1, 0.15) is 0 Å². The average Bonchev–Trinajstić information content (AvgIpc) is 2.41. The molecular formula is C15H14BrClN2OS. The number of amides is 1. The Bertz CT molecular complexity index is 679. The summed E-state index contributed by atoms with van der Waals surface area (Å²) >= 11 is 10.7. The molecule has 0 atom stereocenters. The standard InChI is InChI=1S/C15H14BrClN2OS/c1-9-2-4-13(11(16)6-9)19-15(20)8-21-14-5-3-10(17)7-12(14)18/h2-7H,8,18H2,1H3,(H,19,20). The van der Waals surface area contributed by atoms with Gasteiger partial charge in [0.25, 0.3) is 0 Å². The molecule has 2 aromatic rings. The highest BCUT2D eigenvalue weighted by Crippen LogP contribution is 2.28. The number of rotatable bonds is 4. The first-order chi connectivity index (χ1) is 9.95. The van der Waals surface area contributed by atoms with Crippen LogP contribution in [0.1, 0.15) is 5.56 Å². The highest BCUT2D eigenvalue weighted by atomic mass is 79.9. The topological polar surface area (TPSA) is 55.1 Å². The van der Waals surface area contributed by atoms with Crippen molar-refractivity contribution in [1.29, 1.82) is 0 Å². The number of thioether (sulfide) groups is 1. The van der Waals surface area contributed by atoms with Crippen molar-refractivity contribution in [1.82, 2.24) is 0 Å². The fraction of sp³-hybridized carbons (Fsp3) is 0.133. The van der Waals surface area contributed by atoms with Crippen LogP contribution >= 0.6 is 39.3 Å². The molecule has 2 rings (SSSR count). The van der Waals surface area contributed by atoms with Crippen LogP contribution in [-0.4, -0.2) is 11.7 Å². The van der Waals surface area contributed by atoms with E-state index in [0.29, 0.717) is 10.7 Å². The van der Waals surface area contributed by atoms with Crippen molar-refractivity contribution >= 4 is 56.6 Å². The highest BCUT2D eigenvalue weighted by Gasteiger charge is 2.08. The Morgan fingerprint density at radius 2 is 2.10 bits per heavy atom. The van der Waals surface area contributed by atoms with Crippen LogP contribution in [0.5, 0.6) is 0 Å². The van der Waals surface area contributed by atoms with Crippen molar-refractivity contribution in [2.75, 3.05) is 16.8 Å². The molecule has 6 heteroatoms. The number of nitrogens with one attached hydrogen (secondary N) is 1. The summed E-state index contributed by atoms with van der Waals surface area (Å²) in [5.74, 6) is 0.200. The van der Waals surface area contributed by atoms with Gasteiger partial charge in [-0.15, -0.1) is 11.8 Å². The number of nitrogens with two attached hydrogens (primary N) is 1. The smallest absolute Gasteiger partial charge is 0.234 e. The van der Waals surface area contributed by atoms with Crippen molar-refractivity contribution in [2.24, 2.45) is 0 Å². The van der Waals surface area contributed by atoms with Gasteiger partial charge in [-0.05, 0) is 58.7 Å². The molecule has 0 aliphatic rings. The van der Waals surface area contributed by atoms with Crippen LogP contribution in [0, 0.1) is 6.92 Å². The van der Waals surface area contributed by atoms with Crippen LogP contribution < -0.4 is 11.1 Å². The van der Waals surface area contributed by atoms with Gasteiger partial charge in [0.15, 0.2) is 0 Å². The monoisotopic (exact) mass is 384 g/mol. The lowest BCUT2D eigenvalue weighted by molar-refractivity contribution is -0.113. The van der Waals surface area contributed by atoms with Gasteiger partial charge in [-0.1, -0.05) is 17.7 Å². The summed E-state index contributed by atoms with van der Waals surface area (Å²) < 4.78 is 0.867. The Balaban J connectivity index is 1.96. The minimum atomic E-state index is -0.0843. The summed E-state index contributed by atoms with van der Waals surface area (Å²) in [6.45, 7) is 2.00. The van der Waals surface area contributed by atoms with Gasteiger partial charge < -0.3 is 11.1 Å². The fourth-order valence-corrected chi connectivity index (χ4v) is 3.22. The van der Waals surface area contributed by atoms with Crippen molar-refractivity contribution in [2.45, 2.75) is 11.8 Å². The molecule has 0 unspecified atom stereocenters. The predicted molar refractivity (Wildman–Crippen MR) is 94.1 cm³/mol. The molecule has 0 bridgehead atoms. The van der Waals surface area contributed by atoms with Gasteiger partial charge in [0.05, 0.1) is 11.4 Å². The van der Waals surface area contributed by atoms with Crippen LogP contribution in [0.4, 0.5) is 11.4 Å². The van der Waals surface area contributed by atoms with E-state index in [1.807, 2.05) is 31.2 Å². The summed E-state index contributed by atoms with van der Waals surface area (Å²) in [4.78, 5) is 12.8. The van der Waals surface area contributed by atoms with Gasteiger partial charge in [-0.2, -0.15) is 0 Å². The Morgan fingerprint density at radius 1 is 1.33 bits per heavy atom. The van der Waals surface area contributed by atoms with Crippen LogP contribution in [0.3, 0.4) is 0 Å². The fourth-order valence-electron chi connectivity index (χ4n) is 1.70. The maximum absolute atomic E-state index is 12.0. The summed E-state index contributed by atoms with van der Waals surface area (Å²) in [7, 11) is 0. The number of hydrogen-bond donors (Lipinski definition) is 2. The van der Waals surface area contributed by atoms with E-state index in [9.17, 15) is 4.79 Å². The molecule has 0 saturated heterocycles. The lowest BCUT2D eigenvalue weighted by Gasteiger charge is -2.09. The third-order valence-electron chi connectivity index (χ3n) is 2.73. The highest BCUT2D eigenvalue weighted by molar-refractivity contribution is 9.10. The number of benzene rings is 2. The summed E-state index contributed by atoms with van der Waals surface area (Å²) in [6.07, 6.45) is 0. The number of nitrogen functional groups attached to an aromatic ring is 1. The summed E-state index contributed by atoms with van der Waals surface area (Å²) in [5, 5.41) is 3.45. The molecule has 0 aliphatic heterocycles. The van der Waals surface area contributed by atoms with Crippen LogP contribution in [0.2, 0.25) is 5.02 Å². The van der Waals surface area contributed by atoms with Crippen LogP contribution in [-0.2, 0) is 4.79 Å². The van der Waals surface area contributed by atoms with Crippen molar-refractivity contribution < 1.29 is 4.79 Å². The number of anilines is 2. The minimum Gasteiger partial charge on any atom is -0.398 e. The zero-order valence-electron chi connectivity index (χ0n) is 11.3. The van der Waals surface area contributed by atoms with Crippen molar-refractivity contribution in [3.63, 3.8) is 0 Å². The normalized spacial score (nSPS) is 10.4. The minimum absolute atomic E-state index is 0.0843.